The SMILES string of the molecule is N#Cc1ccc(Oc2c3ccccc3c(-c3ccc(C#N)c(Br)c3)c3ccccc23)cc1Br. The maximum absolute atomic E-state index is 9.33. The van der Waals surface area contributed by atoms with Gasteiger partial charge in [-0.1, -0.05) is 54.6 Å². The summed E-state index contributed by atoms with van der Waals surface area (Å²) in [4.78, 5) is 0. The molecule has 0 radical (unpaired) electrons. The summed E-state index contributed by atoms with van der Waals surface area (Å²) in [6.07, 6.45) is 0. The lowest BCUT2D eigenvalue weighted by Crippen LogP contribution is -1.93. The van der Waals surface area contributed by atoms with Crippen molar-refractivity contribution in [3.8, 4) is 34.8 Å². The zero-order valence-corrected chi connectivity index (χ0v) is 20.3. The Balaban J connectivity index is 1.80. The van der Waals surface area contributed by atoms with Crippen LogP contribution in [-0.2, 0) is 0 Å². The largest absolute Gasteiger partial charge is 0.456 e. The van der Waals surface area contributed by atoms with E-state index >= 15 is 0 Å². The molecule has 0 aliphatic carbocycles. The van der Waals surface area contributed by atoms with Gasteiger partial charge in [0.25, 0.3) is 0 Å². The summed E-state index contributed by atoms with van der Waals surface area (Å²) >= 11 is 6.99. The van der Waals surface area contributed by atoms with Crippen LogP contribution in [0.5, 0.6) is 11.5 Å². The molecule has 3 nitrogen and oxygen atoms in total. The van der Waals surface area contributed by atoms with Crippen LogP contribution in [0.3, 0.4) is 0 Å². The van der Waals surface area contributed by atoms with Gasteiger partial charge in [0.1, 0.15) is 23.6 Å². The number of benzene rings is 5. The molecule has 156 valence electrons. The fourth-order valence-corrected chi connectivity index (χ4v) is 4.95. The lowest BCUT2D eigenvalue weighted by Gasteiger charge is -2.18. The van der Waals surface area contributed by atoms with Crippen LogP contribution in [0.1, 0.15) is 11.1 Å². The lowest BCUT2D eigenvalue weighted by molar-refractivity contribution is 0.493. The Morgan fingerprint density at radius 3 is 1.64 bits per heavy atom. The molecule has 0 unspecified atom stereocenters. The highest BCUT2D eigenvalue weighted by Crippen LogP contribution is 2.45. The van der Waals surface area contributed by atoms with Crippen molar-refractivity contribution in [2.75, 3.05) is 0 Å². The zero-order valence-electron chi connectivity index (χ0n) is 17.1. The second-order valence-electron chi connectivity index (χ2n) is 7.46. The van der Waals surface area contributed by atoms with Gasteiger partial charge in [0.15, 0.2) is 0 Å². The highest BCUT2D eigenvalue weighted by Gasteiger charge is 2.17. The molecule has 0 saturated heterocycles. The summed E-state index contributed by atoms with van der Waals surface area (Å²) in [5.41, 5.74) is 3.25. The lowest BCUT2D eigenvalue weighted by atomic mass is 9.91. The first kappa shape index (κ1) is 21.2. The van der Waals surface area contributed by atoms with Gasteiger partial charge in [-0.05, 0) is 84.1 Å². The molecule has 0 saturated carbocycles. The Morgan fingerprint density at radius 2 is 1.12 bits per heavy atom. The third-order valence-corrected chi connectivity index (χ3v) is 6.85. The molecule has 0 aliphatic rings. The fourth-order valence-electron chi connectivity index (χ4n) is 4.04. The molecule has 5 aromatic carbocycles. The molecule has 33 heavy (non-hydrogen) atoms. The molecule has 5 heteroatoms. The van der Waals surface area contributed by atoms with Crippen molar-refractivity contribution in [1.82, 2.24) is 0 Å². The number of rotatable bonds is 3. The van der Waals surface area contributed by atoms with Crippen LogP contribution in [0, 0.1) is 22.7 Å². The van der Waals surface area contributed by atoms with Crippen LogP contribution in [0.15, 0.2) is 93.9 Å². The van der Waals surface area contributed by atoms with Crippen molar-refractivity contribution >= 4 is 53.4 Å². The molecule has 0 amide bonds. The van der Waals surface area contributed by atoms with Crippen LogP contribution in [0.25, 0.3) is 32.7 Å². The van der Waals surface area contributed by atoms with Crippen LogP contribution in [0.4, 0.5) is 0 Å². The van der Waals surface area contributed by atoms with E-state index in [-0.39, 0.29) is 0 Å². The van der Waals surface area contributed by atoms with Crippen molar-refractivity contribution in [2.45, 2.75) is 0 Å². The molecule has 0 aliphatic heterocycles. The van der Waals surface area contributed by atoms with Crippen molar-refractivity contribution in [3.63, 3.8) is 0 Å². The topological polar surface area (TPSA) is 56.8 Å². The number of ether oxygens (including phenoxy) is 1. The monoisotopic (exact) mass is 552 g/mol. The summed E-state index contributed by atoms with van der Waals surface area (Å²) in [6.45, 7) is 0. The molecule has 0 fully saturated rings. The molecule has 0 spiro atoms. The van der Waals surface area contributed by atoms with Crippen molar-refractivity contribution in [1.29, 1.82) is 10.5 Å². The van der Waals surface area contributed by atoms with E-state index in [1.807, 2.05) is 48.5 Å². The van der Waals surface area contributed by atoms with Gasteiger partial charge < -0.3 is 4.74 Å². The normalized spacial score (nSPS) is 10.7. The number of fused-ring (bicyclic) bond motifs is 2. The molecule has 5 aromatic rings. The minimum Gasteiger partial charge on any atom is -0.456 e. The maximum atomic E-state index is 9.33. The minimum atomic E-state index is 0.554. The number of hydrogen-bond donors (Lipinski definition) is 0. The van der Waals surface area contributed by atoms with Crippen LogP contribution >= 0.6 is 31.9 Å². The second-order valence-corrected chi connectivity index (χ2v) is 9.17. The van der Waals surface area contributed by atoms with Gasteiger partial charge in [-0.2, -0.15) is 10.5 Å². The predicted octanol–water partition coefficient (Wildman–Crippen LogP) is 8.72. The van der Waals surface area contributed by atoms with E-state index in [0.29, 0.717) is 21.3 Å². The number of hydrogen-bond acceptors (Lipinski definition) is 3. The van der Waals surface area contributed by atoms with Gasteiger partial charge >= 0.3 is 0 Å². The number of halogens is 2. The van der Waals surface area contributed by atoms with E-state index < -0.39 is 0 Å². The summed E-state index contributed by atoms with van der Waals surface area (Å²) in [6, 6.07) is 31.8. The third kappa shape index (κ3) is 3.76. The highest BCUT2D eigenvalue weighted by molar-refractivity contribution is 9.10. The van der Waals surface area contributed by atoms with Crippen molar-refractivity contribution in [2.24, 2.45) is 0 Å². The van der Waals surface area contributed by atoms with Gasteiger partial charge in [0, 0.05) is 19.7 Å². The predicted molar refractivity (Wildman–Crippen MR) is 138 cm³/mol. The average molecular weight is 554 g/mol. The molecule has 0 aromatic heterocycles. The summed E-state index contributed by atoms with van der Waals surface area (Å²) in [7, 11) is 0. The number of nitriles is 2. The van der Waals surface area contributed by atoms with E-state index in [0.717, 1.165) is 42.9 Å². The zero-order chi connectivity index (χ0) is 22.9. The fraction of sp³-hybridized carbons (Fsp3) is 0. The Morgan fingerprint density at radius 1 is 0.606 bits per heavy atom. The molecule has 0 N–H and O–H groups in total. The van der Waals surface area contributed by atoms with Crippen LogP contribution < -0.4 is 4.74 Å². The van der Waals surface area contributed by atoms with E-state index in [2.05, 4.69) is 68.3 Å². The van der Waals surface area contributed by atoms with E-state index in [1.165, 1.54) is 0 Å². The smallest absolute Gasteiger partial charge is 0.143 e. The molecule has 0 bridgehead atoms. The highest BCUT2D eigenvalue weighted by atomic mass is 79.9. The molecular weight excluding hydrogens is 540 g/mol. The average Bonchev–Trinajstić information content (AvgIpc) is 2.84. The Labute approximate surface area is 207 Å². The Bertz CT molecular complexity index is 1590. The van der Waals surface area contributed by atoms with Crippen LogP contribution in [0.2, 0.25) is 0 Å². The molecule has 0 atom stereocenters. The summed E-state index contributed by atoms with van der Waals surface area (Å²) in [5.74, 6) is 1.40. The molecular formula is C28H14Br2N2O. The Kier molecular flexibility index (Phi) is 5.60. The number of nitrogens with zero attached hydrogens (tertiary/aromatic N) is 2. The maximum Gasteiger partial charge on any atom is 0.143 e. The van der Waals surface area contributed by atoms with Crippen molar-refractivity contribution in [3.05, 3.63) is 105 Å². The first-order valence-corrected chi connectivity index (χ1v) is 11.7. The summed E-state index contributed by atoms with van der Waals surface area (Å²) in [5, 5.41) is 22.6. The van der Waals surface area contributed by atoms with Crippen molar-refractivity contribution < 1.29 is 4.74 Å². The van der Waals surface area contributed by atoms with E-state index in [4.69, 9.17) is 4.74 Å². The van der Waals surface area contributed by atoms with Gasteiger partial charge in [0.05, 0.1) is 11.1 Å². The first-order chi connectivity index (χ1) is 16.1. The van der Waals surface area contributed by atoms with Gasteiger partial charge in [-0.25, -0.2) is 0 Å². The third-order valence-electron chi connectivity index (χ3n) is 5.54. The molecule has 5 rings (SSSR count). The second kappa shape index (κ2) is 8.71. The van der Waals surface area contributed by atoms with Gasteiger partial charge in [0.2, 0.25) is 0 Å². The van der Waals surface area contributed by atoms with Gasteiger partial charge in [-0.15, -0.1) is 0 Å². The molecule has 0 heterocycles. The quantitative estimate of drug-likeness (QED) is 0.210. The van der Waals surface area contributed by atoms with E-state index in [9.17, 15) is 10.5 Å². The summed E-state index contributed by atoms with van der Waals surface area (Å²) < 4.78 is 7.90. The first-order valence-electron chi connectivity index (χ1n) is 10.1. The van der Waals surface area contributed by atoms with E-state index in [1.54, 1.807) is 12.1 Å². The van der Waals surface area contributed by atoms with Gasteiger partial charge in [-0.3, -0.25) is 0 Å². The minimum absolute atomic E-state index is 0.554. The van der Waals surface area contributed by atoms with Crippen LogP contribution in [-0.4, -0.2) is 0 Å². The standard InChI is InChI=1S/C28H14Br2N2O/c29-25-13-17(9-10-18(25)15-31)27-21-5-1-3-7-23(21)28(24-8-4-2-6-22(24)27)33-20-12-11-19(16-32)26(30)14-20/h1-14H. The Hall–Kier alpha value is -3.64.